The van der Waals surface area contributed by atoms with E-state index in [0.29, 0.717) is 17.6 Å². The number of aromatic nitrogens is 4. The third kappa shape index (κ3) is 4.35. The first kappa shape index (κ1) is 19.3. The molecule has 0 amide bonds. The van der Waals surface area contributed by atoms with E-state index in [4.69, 9.17) is 0 Å². The number of nitrogens with zero attached hydrogens (tertiary/aromatic N) is 3. The number of hydrogen-bond donors (Lipinski definition) is 3. The van der Waals surface area contributed by atoms with Gasteiger partial charge in [-0.05, 0) is 73.9 Å². The van der Waals surface area contributed by atoms with Crippen molar-refractivity contribution in [1.29, 1.82) is 0 Å². The molecule has 0 spiro atoms. The minimum Gasteiger partial charge on any atom is -0.315 e. The highest BCUT2D eigenvalue weighted by molar-refractivity contribution is 5.62. The number of hydrogen-bond acceptors (Lipinski definition) is 5. The predicted octanol–water partition coefficient (Wildman–Crippen LogP) is 3.25. The van der Waals surface area contributed by atoms with Crippen LogP contribution in [0.2, 0.25) is 0 Å². The summed E-state index contributed by atoms with van der Waals surface area (Å²) in [5.41, 5.74) is 0.625. The van der Waals surface area contributed by atoms with Crippen molar-refractivity contribution in [2.45, 2.75) is 62.7 Å². The summed E-state index contributed by atoms with van der Waals surface area (Å²) < 4.78 is 39.5. The monoisotopic (exact) mass is 394 g/mol. The fourth-order valence-electron chi connectivity index (χ4n) is 4.46. The summed E-state index contributed by atoms with van der Waals surface area (Å²) in [6.07, 6.45) is 1.93. The van der Waals surface area contributed by atoms with Crippen LogP contribution in [0.3, 0.4) is 0 Å². The minimum atomic E-state index is -4.40. The van der Waals surface area contributed by atoms with E-state index in [2.05, 4.69) is 31.3 Å². The Morgan fingerprint density at radius 3 is 2.50 bits per heavy atom. The number of halogens is 3. The van der Waals surface area contributed by atoms with Crippen molar-refractivity contribution >= 4 is 0 Å². The third-order valence-corrected chi connectivity index (χ3v) is 5.90. The third-order valence-electron chi connectivity index (χ3n) is 5.90. The van der Waals surface area contributed by atoms with Gasteiger partial charge in [0.1, 0.15) is 0 Å². The Morgan fingerprint density at radius 1 is 1.04 bits per heavy atom. The second-order valence-electron chi connectivity index (χ2n) is 7.79. The van der Waals surface area contributed by atoms with Gasteiger partial charge < -0.3 is 10.6 Å². The van der Waals surface area contributed by atoms with E-state index in [9.17, 15) is 13.2 Å². The first-order valence-electron chi connectivity index (χ1n) is 9.92. The molecule has 3 N–H and O–H groups in total. The van der Waals surface area contributed by atoms with Gasteiger partial charge in [-0.15, -0.1) is 10.2 Å². The van der Waals surface area contributed by atoms with Crippen LogP contribution in [0.25, 0.3) is 11.4 Å². The topological polar surface area (TPSA) is 78.5 Å². The quantitative estimate of drug-likeness (QED) is 0.742. The highest BCUT2D eigenvalue weighted by Gasteiger charge is 2.33. The first-order chi connectivity index (χ1) is 13.5. The van der Waals surface area contributed by atoms with Gasteiger partial charge in [0.2, 0.25) is 5.82 Å². The molecule has 6 nitrogen and oxygen atoms in total. The van der Waals surface area contributed by atoms with Gasteiger partial charge in [-0.2, -0.15) is 18.4 Å². The predicted molar refractivity (Wildman–Crippen MR) is 98.6 cm³/mol. The lowest BCUT2D eigenvalue weighted by atomic mass is 9.79. The summed E-state index contributed by atoms with van der Waals surface area (Å²) in [5, 5.41) is 20.9. The Hall–Kier alpha value is -2.00. The second-order valence-corrected chi connectivity index (χ2v) is 7.79. The molecule has 1 saturated carbocycles. The van der Waals surface area contributed by atoms with Crippen molar-refractivity contribution in [2.24, 2.45) is 0 Å². The number of alkyl halides is 3. The van der Waals surface area contributed by atoms with Crippen LogP contribution in [-0.2, 0) is 6.18 Å². The Labute approximate surface area is 161 Å². The zero-order chi connectivity index (χ0) is 19.6. The van der Waals surface area contributed by atoms with Crippen LogP contribution in [0.15, 0.2) is 18.2 Å². The smallest absolute Gasteiger partial charge is 0.315 e. The lowest BCUT2D eigenvalue weighted by Crippen LogP contribution is -2.48. The molecule has 1 atom stereocenters. The molecule has 1 unspecified atom stereocenters. The van der Waals surface area contributed by atoms with Crippen LogP contribution in [0.5, 0.6) is 0 Å². The maximum atomic E-state index is 13.2. The molecule has 1 aromatic carbocycles. The van der Waals surface area contributed by atoms with Gasteiger partial charge in [-0.25, -0.2) is 0 Å². The van der Waals surface area contributed by atoms with Crippen molar-refractivity contribution < 1.29 is 13.2 Å². The SMILES string of the molecule is FC(F)(F)c1ccc(C2CCC(NC3CCCNC3)CC2)c(-c2nn[nH]n2)c1. The normalized spacial score (nSPS) is 26.3. The van der Waals surface area contributed by atoms with Crippen LogP contribution in [0.4, 0.5) is 13.2 Å². The molecule has 9 heteroatoms. The molecule has 2 aromatic rings. The van der Waals surface area contributed by atoms with Gasteiger partial charge in [-0.3, -0.25) is 0 Å². The fourth-order valence-corrected chi connectivity index (χ4v) is 4.46. The van der Waals surface area contributed by atoms with Crippen LogP contribution < -0.4 is 10.6 Å². The molecule has 1 saturated heterocycles. The Bertz CT molecular complexity index is 762. The summed E-state index contributed by atoms with van der Waals surface area (Å²) in [5.74, 6) is 0.424. The number of benzene rings is 1. The number of piperidine rings is 1. The fraction of sp³-hybridized carbons (Fsp3) is 0.632. The van der Waals surface area contributed by atoms with Crippen LogP contribution in [0, 0.1) is 0 Å². The molecule has 1 aliphatic carbocycles. The molecule has 1 aromatic heterocycles. The van der Waals surface area contributed by atoms with Crippen LogP contribution in [0.1, 0.15) is 55.6 Å². The van der Waals surface area contributed by atoms with E-state index in [0.717, 1.165) is 56.5 Å². The number of rotatable bonds is 4. The van der Waals surface area contributed by atoms with Gasteiger partial charge >= 0.3 is 6.18 Å². The number of aromatic amines is 1. The largest absolute Gasteiger partial charge is 0.416 e. The number of nitrogens with one attached hydrogen (secondary N) is 3. The summed E-state index contributed by atoms with van der Waals surface area (Å²) in [6.45, 7) is 2.11. The van der Waals surface area contributed by atoms with Crippen molar-refractivity contribution in [3.63, 3.8) is 0 Å². The standard InChI is InChI=1S/C19H25F3N6/c20-19(21,22)13-5-8-16(17(10-13)18-25-27-28-26-18)12-3-6-14(7-4-12)24-15-2-1-9-23-11-15/h5,8,10,12,14-15,23-24H,1-4,6-7,9,11H2,(H,25,26,27,28). The molecular weight excluding hydrogens is 369 g/mol. The average molecular weight is 394 g/mol. The maximum absolute atomic E-state index is 13.2. The molecule has 0 bridgehead atoms. The molecule has 152 valence electrons. The minimum absolute atomic E-state index is 0.207. The van der Waals surface area contributed by atoms with Gasteiger partial charge in [0.05, 0.1) is 5.56 Å². The first-order valence-corrected chi connectivity index (χ1v) is 9.92. The van der Waals surface area contributed by atoms with E-state index in [1.165, 1.54) is 12.8 Å². The van der Waals surface area contributed by atoms with E-state index in [1.54, 1.807) is 6.07 Å². The Morgan fingerprint density at radius 2 is 1.86 bits per heavy atom. The zero-order valence-corrected chi connectivity index (χ0v) is 15.6. The maximum Gasteiger partial charge on any atom is 0.416 e. The molecule has 2 heterocycles. The second kappa shape index (κ2) is 8.16. The molecule has 2 aliphatic rings. The van der Waals surface area contributed by atoms with Crippen LogP contribution in [-0.4, -0.2) is 45.8 Å². The summed E-state index contributed by atoms with van der Waals surface area (Å²) in [7, 11) is 0. The van der Waals surface area contributed by atoms with Crippen LogP contribution >= 0.6 is 0 Å². The number of tetrazole rings is 1. The highest BCUT2D eigenvalue weighted by Crippen LogP contribution is 2.40. The molecule has 2 fully saturated rings. The highest BCUT2D eigenvalue weighted by atomic mass is 19.4. The van der Waals surface area contributed by atoms with Crippen molar-refractivity contribution in [1.82, 2.24) is 31.3 Å². The molecule has 4 rings (SSSR count). The molecule has 0 radical (unpaired) electrons. The van der Waals surface area contributed by atoms with Gasteiger partial charge in [0, 0.05) is 24.2 Å². The Kier molecular flexibility index (Phi) is 5.63. The molecule has 28 heavy (non-hydrogen) atoms. The Balaban J connectivity index is 1.48. The van der Waals surface area contributed by atoms with Crippen molar-refractivity contribution in [3.05, 3.63) is 29.3 Å². The van der Waals surface area contributed by atoms with Gasteiger partial charge in [0.15, 0.2) is 0 Å². The van der Waals surface area contributed by atoms with Crippen molar-refractivity contribution in [3.8, 4) is 11.4 Å². The van der Waals surface area contributed by atoms with E-state index < -0.39 is 11.7 Å². The van der Waals surface area contributed by atoms with Gasteiger partial charge in [-0.1, -0.05) is 6.07 Å². The summed E-state index contributed by atoms with van der Waals surface area (Å²) in [6, 6.07) is 4.91. The lowest BCUT2D eigenvalue weighted by Gasteiger charge is -2.34. The molecule has 1 aliphatic heterocycles. The average Bonchev–Trinajstić information content (AvgIpc) is 3.23. The zero-order valence-electron chi connectivity index (χ0n) is 15.6. The van der Waals surface area contributed by atoms with E-state index in [1.807, 2.05) is 0 Å². The molecular formula is C19H25F3N6. The van der Waals surface area contributed by atoms with Crippen molar-refractivity contribution in [2.75, 3.05) is 13.1 Å². The lowest BCUT2D eigenvalue weighted by molar-refractivity contribution is -0.137. The van der Waals surface area contributed by atoms with Gasteiger partial charge in [0.25, 0.3) is 0 Å². The summed E-state index contributed by atoms with van der Waals surface area (Å²) in [4.78, 5) is 0. The number of H-pyrrole nitrogens is 1. The van der Waals surface area contributed by atoms with E-state index >= 15 is 0 Å². The van der Waals surface area contributed by atoms with E-state index in [-0.39, 0.29) is 11.7 Å². The summed E-state index contributed by atoms with van der Waals surface area (Å²) >= 11 is 0.